The van der Waals surface area contributed by atoms with E-state index in [0.717, 1.165) is 0 Å². The van der Waals surface area contributed by atoms with E-state index in [1.54, 1.807) is 12.1 Å². The molecule has 0 spiro atoms. The lowest BCUT2D eigenvalue weighted by atomic mass is 9.99. The first-order valence-corrected chi connectivity index (χ1v) is 7.16. The Kier molecular flexibility index (Phi) is 4.27. The molecular weight excluding hydrogens is 294 g/mol. The van der Waals surface area contributed by atoms with Crippen LogP contribution < -0.4 is 5.32 Å². The van der Waals surface area contributed by atoms with Gasteiger partial charge in [-0.05, 0) is 59.8 Å². The Morgan fingerprint density at radius 2 is 2.11 bits per heavy atom. The molecule has 98 valence electrons. The molecule has 18 heavy (non-hydrogen) atoms. The SMILES string of the molecule is CC(NC(=O)c1ccc(Br)c(O)c1)C1CCCC1. The van der Waals surface area contributed by atoms with Gasteiger partial charge in [0.1, 0.15) is 5.75 Å². The molecule has 0 heterocycles. The Morgan fingerprint density at radius 3 is 2.72 bits per heavy atom. The number of hydrogen-bond donors (Lipinski definition) is 2. The number of aromatic hydroxyl groups is 1. The quantitative estimate of drug-likeness (QED) is 0.898. The van der Waals surface area contributed by atoms with E-state index in [-0.39, 0.29) is 17.7 Å². The largest absolute Gasteiger partial charge is 0.507 e. The van der Waals surface area contributed by atoms with Crippen molar-refractivity contribution < 1.29 is 9.90 Å². The van der Waals surface area contributed by atoms with Gasteiger partial charge in [-0.1, -0.05) is 12.8 Å². The van der Waals surface area contributed by atoms with Crippen LogP contribution in [0.1, 0.15) is 43.0 Å². The van der Waals surface area contributed by atoms with Crippen molar-refractivity contribution in [2.75, 3.05) is 0 Å². The summed E-state index contributed by atoms with van der Waals surface area (Å²) in [6, 6.07) is 5.08. The topological polar surface area (TPSA) is 49.3 Å². The first kappa shape index (κ1) is 13.4. The number of phenolic OH excluding ortho intramolecular Hbond substituents is 1. The van der Waals surface area contributed by atoms with Crippen LogP contribution in [0.3, 0.4) is 0 Å². The van der Waals surface area contributed by atoms with Gasteiger partial charge >= 0.3 is 0 Å². The molecule has 0 aromatic heterocycles. The Morgan fingerprint density at radius 1 is 1.44 bits per heavy atom. The normalized spacial score (nSPS) is 17.7. The Labute approximate surface area is 116 Å². The Balaban J connectivity index is 2.00. The fourth-order valence-corrected chi connectivity index (χ4v) is 2.77. The van der Waals surface area contributed by atoms with Gasteiger partial charge in [0.05, 0.1) is 4.47 Å². The van der Waals surface area contributed by atoms with Crippen molar-refractivity contribution in [2.24, 2.45) is 5.92 Å². The fraction of sp³-hybridized carbons (Fsp3) is 0.500. The summed E-state index contributed by atoms with van der Waals surface area (Å²) in [5.74, 6) is 0.575. The standard InChI is InChI=1S/C14H18BrNO2/c1-9(10-4-2-3-5-10)16-14(18)11-6-7-12(15)13(17)8-11/h6-10,17H,2-5H2,1H3,(H,16,18). The van der Waals surface area contributed by atoms with Crippen molar-refractivity contribution >= 4 is 21.8 Å². The highest BCUT2D eigenvalue weighted by Crippen LogP contribution is 2.28. The molecule has 1 fully saturated rings. The third-order valence-electron chi connectivity index (χ3n) is 3.67. The molecule has 1 aromatic rings. The van der Waals surface area contributed by atoms with E-state index in [0.29, 0.717) is 16.0 Å². The average Bonchev–Trinajstić information content (AvgIpc) is 2.86. The van der Waals surface area contributed by atoms with E-state index in [1.807, 2.05) is 0 Å². The van der Waals surface area contributed by atoms with Gasteiger partial charge in [-0.2, -0.15) is 0 Å². The van der Waals surface area contributed by atoms with Crippen LogP contribution in [0.25, 0.3) is 0 Å². The summed E-state index contributed by atoms with van der Waals surface area (Å²) in [6.45, 7) is 2.06. The summed E-state index contributed by atoms with van der Waals surface area (Å²) in [5.41, 5.74) is 0.501. The van der Waals surface area contributed by atoms with Crippen LogP contribution in [0.4, 0.5) is 0 Å². The van der Waals surface area contributed by atoms with Gasteiger partial charge in [-0.3, -0.25) is 4.79 Å². The lowest BCUT2D eigenvalue weighted by molar-refractivity contribution is 0.0927. The molecule has 1 amide bonds. The second-order valence-electron chi connectivity index (χ2n) is 4.97. The van der Waals surface area contributed by atoms with Crippen LogP contribution in [0.15, 0.2) is 22.7 Å². The zero-order valence-corrected chi connectivity index (χ0v) is 12.0. The number of phenols is 1. The van der Waals surface area contributed by atoms with Crippen molar-refractivity contribution in [1.82, 2.24) is 5.32 Å². The number of carbonyl (C=O) groups excluding carboxylic acids is 1. The summed E-state index contributed by atoms with van der Waals surface area (Å²) in [4.78, 5) is 12.0. The number of nitrogens with one attached hydrogen (secondary N) is 1. The number of carbonyl (C=O) groups is 1. The molecule has 2 rings (SSSR count). The number of rotatable bonds is 3. The maximum atomic E-state index is 12.0. The number of benzene rings is 1. The lowest BCUT2D eigenvalue weighted by Crippen LogP contribution is -2.37. The molecule has 2 N–H and O–H groups in total. The summed E-state index contributed by atoms with van der Waals surface area (Å²) in [6.07, 6.45) is 4.94. The van der Waals surface area contributed by atoms with Gasteiger partial charge < -0.3 is 10.4 Å². The van der Waals surface area contributed by atoms with Crippen molar-refractivity contribution in [2.45, 2.75) is 38.6 Å². The summed E-state index contributed by atoms with van der Waals surface area (Å²) in [7, 11) is 0. The molecule has 4 heteroatoms. The predicted molar refractivity (Wildman–Crippen MR) is 74.7 cm³/mol. The van der Waals surface area contributed by atoms with Crippen LogP contribution in [0, 0.1) is 5.92 Å². The molecule has 1 aromatic carbocycles. The maximum Gasteiger partial charge on any atom is 0.251 e. The molecule has 1 saturated carbocycles. The molecule has 0 aliphatic heterocycles. The first-order valence-electron chi connectivity index (χ1n) is 6.37. The minimum atomic E-state index is -0.114. The average molecular weight is 312 g/mol. The third kappa shape index (κ3) is 3.05. The Hall–Kier alpha value is -1.03. The molecule has 0 saturated heterocycles. The fourth-order valence-electron chi connectivity index (χ4n) is 2.52. The molecular formula is C14H18BrNO2. The second-order valence-corrected chi connectivity index (χ2v) is 5.83. The zero-order chi connectivity index (χ0) is 13.1. The zero-order valence-electron chi connectivity index (χ0n) is 10.4. The van der Waals surface area contributed by atoms with Gasteiger partial charge in [0.25, 0.3) is 5.91 Å². The van der Waals surface area contributed by atoms with E-state index in [9.17, 15) is 9.90 Å². The summed E-state index contributed by atoms with van der Waals surface area (Å²) < 4.78 is 0.600. The summed E-state index contributed by atoms with van der Waals surface area (Å²) >= 11 is 3.20. The molecule has 3 nitrogen and oxygen atoms in total. The van der Waals surface area contributed by atoms with Crippen molar-refractivity contribution in [3.05, 3.63) is 28.2 Å². The molecule has 0 radical (unpaired) electrons. The Bertz CT molecular complexity index is 441. The molecule has 1 aliphatic carbocycles. The van der Waals surface area contributed by atoms with Crippen LogP contribution in [-0.4, -0.2) is 17.1 Å². The number of hydrogen-bond acceptors (Lipinski definition) is 2. The first-order chi connectivity index (χ1) is 8.58. The highest BCUT2D eigenvalue weighted by Gasteiger charge is 2.23. The van der Waals surface area contributed by atoms with Crippen LogP contribution >= 0.6 is 15.9 Å². The van der Waals surface area contributed by atoms with E-state index >= 15 is 0 Å². The molecule has 1 aliphatic rings. The maximum absolute atomic E-state index is 12.0. The van der Waals surface area contributed by atoms with Crippen molar-refractivity contribution in [3.63, 3.8) is 0 Å². The minimum Gasteiger partial charge on any atom is -0.507 e. The highest BCUT2D eigenvalue weighted by molar-refractivity contribution is 9.10. The molecule has 1 unspecified atom stereocenters. The van der Waals surface area contributed by atoms with Crippen molar-refractivity contribution in [1.29, 1.82) is 0 Å². The van der Waals surface area contributed by atoms with Gasteiger partial charge in [0, 0.05) is 11.6 Å². The van der Waals surface area contributed by atoms with Gasteiger partial charge in [0.15, 0.2) is 0 Å². The van der Waals surface area contributed by atoms with Crippen LogP contribution in [0.2, 0.25) is 0 Å². The van der Waals surface area contributed by atoms with Crippen LogP contribution in [0.5, 0.6) is 5.75 Å². The smallest absolute Gasteiger partial charge is 0.251 e. The number of amides is 1. The molecule has 0 bridgehead atoms. The van der Waals surface area contributed by atoms with Crippen LogP contribution in [-0.2, 0) is 0 Å². The minimum absolute atomic E-state index is 0.0937. The second kappa shape index (κ2) is 5.74. The van der Waals surface area contributed by atoms with E-state index in [1.165, 1.54) is 31.7 Å². The monoisotopic (exact) mass is 311 g/mol. The van der Waals surface area contributed by atoms with Crippen molar-refractivity contribution in [3.8, 4) is 5.75 Å². The van der Waals surface area contributed by atoms with Gasteiger partial charge in [-0.25, -0.2) is 0 Å². The number of halogens is 1. The lowest BCUT2D eigenvalue weighted by Gasteiger charge is -2.20. The molecule has 1 atom stereocenters. The van der Waals surface area contributed by atoms with E-state index in [4.69, 9.17) is 0 Å². The third-order valence-corrected chi connectivity index (χ3v) is 4.34. The van der Waals surface area contributed by atoms with Gasteiger partial charge in [-0.15, -0.1) is 0 Å². The van der Waals surface area contributed by atoms with Gasteiger partial charge in [0.2, 0.25) is 0 Å². The summed E-state index contributed by atoms with van der Waals surface area (Å²) in [5, 5.41) is 12.6. The highest BCUT2D eigenvalue weighted by atomic mass is 79.9. The van der Waals surface area contributed by atoms with E-state index in [2.05, 4.69) is 28.2 Å². The predicted octanol–water partition coefficient (Wildman–Crippen LogP) is 3.46. The van der Waals surface area contributed by atoms with E-state index < -0.39 is 0 Å².